The maximum Gasteiger partial charge on any atom is 0.257 e. The van der Waals surface area contributed by atoms with Crippen molar-refractivity contribution in [2.75, 3.05) is 10.4 Å². The Bertz CT molecular complexity index is 947. The highest BCUT2D eigenvalue weighted by Crippen LogP contribution is 2.44. The van der Waals surface area contributed by atoms with Crippen molar-refractivity contribution >= 4 is 17.3 Å². The fourth-order valence-electron chi connectivity index (χ4n) is 3.48. The maximum absolute atomic E-state index is 14.3. The fourth-order valence-corrected chi connectivity index (χ4v) is 3.48. The van der Waals surface area contributed by atoms with E-state index < -0.39 is 17.3 Å². The van der Waals surface area contributed by atoms with Crippen LogP contribution in [0.25, 0.3) is 0 Å². The summed E-state index contributed by atoms with van der Waals surface area (Å²) >= 11 is 0. The number of halogens is 1. The van der Waals surface area contributed by atoms with Gasteiger partial charge in [0, 0.05) is 12.0 Å². The van der Waals surface area contributed by atoms with Crippen molar-refractivity contribution in [3.8, 4) is 0 Å². The molecule has 3 aromatic carbocycles. The monoisotopic (exact) mass is 348 g/mol. The van der Waals surface area contributed by atoms with Crippen LogP contribution in [-0.2, 0) is 16.8 Å². The lowest BCUT2D eigenvalue weighted by molar-refractivity contribution is -0.123. The van der Waals surface area contributed by atoms with Crippen LogP contribution in [-0.4, -0.2) is 11.1 Å². The summed E-state index contributed by atoms with van der Waals surface area (Å²) in [5.41, 5.74) is 0.381. The van der Waals surface area contributed by atoms with Crippen LogP contribution < -0.4 is 10.4 Å². The average Bonchev–Trinajstić information content (AvgIpc) is 2.97. The summed E-state index contributed by atoms with van der Waals surface area (Å²) in [6.45, 7) is 0. The molecule has 26 heavy (non-hydrogen) atoms. The summed E-state index contributed by atoms with van der Waals surface area (Å²) in [7, 11) is 0. The van der Waals surface area contributed by atoms with E-state index in [1.54, 1.807) is 36.4 Å². The molecule has 3 aromatic rings. The number of anilines is 2. The zero-order chi connectivity index (χ0) is 18.1. The van der Waals surface area contributed by atoms with Crippen molar-refractivity contribution in [2.24, 2.45) is 0 Å². The minimum absolute atomic E-state index is 0.114. The maximum atomic E-state index is 14.3. The molecule has 0 saturated heterocycles. The van der Waals surface area contributed by atoms with E-state index in [0.717, 1.165) is 10.6 Å². The number of amides is 1. The van der Waals surface area contributed by atoms with Gasteiger partial charge in [-0.1, -0.05) is 60.7 Å². The Balaban J connectivity index is 1.91. The molecule has 130 valence electrons. The molecule has 0 radical (unpaired) electrons. The van der Waals surface area contributed by atoms with Gasteiger partial charge in [0.2, 0.25) is 0 Å². The summed E-state index contributed by atoms with van der Waals surface area (Å²) in [6.07, 6.45) is 0.196. The molecule has 0 aliphatic carbocycles. The predicted molar refractivity (Wildman–Crippen MR) is 97.6 cm³/mol. The number of hydrogen-bond donors (Lipinski definition) is 2. The number of carbonyl (C=O) groups is 1. The summed E-state index contributed by atoms with van der Waals surface area (Å²) < 4.78 is 14.3. The minimum Gasteiger partial charge on any atom is -0.321 e. The summed E-state index contributed by atoms with van der Waals surface area (Å²) in [5.74, 6) is -0.986. The molecule has 1 amide bonds. The molecule has 0 fully saturated rings. The van der Waals surface area contributed by atoms with Crippen molar-refractivity contribution in [3.05, 3.63) is 95.8 Å². The number of hydroxylamine groups is 1. The lowest BCUT2D eigenvalue weighted by Gasteiger charge is -2.36. The van der Waals surface area contributed by atoms with E-state index >= 15 is 0 Å². The first-order valence-corrected chi connectivity index (χ1v) is 8.31. The van der Waals surface area contributed by atoms with Crippen LogP contribution in [0.2, 0.25) is 0 Å². The molecule has 1 aliphatic rings. The molecular formula is C21H17FN2O2. The second-order valence-electron chi connectivity index (χ2n) is 6.29. The molecule has 0 saturated carbocycles. The van der Waals surface area contributed by atoms with Crippen molar-refractivity contribution in [1.29, 1.82) is 0 Å². The third-order valence-electron chi connectivity index (χ3n) is 4.74. The van der Waals surface area contributed by atoms with Gasteiger partial charge in [-0.2, -0.15) is 0 Å². The SMILES string of the molecule is O=C1Nc2c(F)cccc2[C@@]1(Cc1ccccc1)N(O)c1ccccc1. The smallest absolute Gasteiger partial charge is 0.257 e. The third-order valence-corrected chi connectivity index (χ3v) is 4.74. The van der Waals surface area contributed by atoms with Gasteiger partial charge in [-0.05, 0) is 23.8 Å². The third kappa shape index (κ3) is 2.45. The topological polar surface area (TPSA) is 52.6 Å². The number of rotatable bonds is 4. The van der Waals surface area contributed by atoms with E-state index in [0.29, 0.717) is 11.3 Å². The second-order valence-corrected chi connectivity index (χ2v) is 6.29. The van der Waals surface area contributed by atoms with Crippen LogP contribution in [0, 0.1) is 5.82 Å². The van der Waals surface area contributed by atoms with Gasteiger partial charge in [0.1, 0.15) is 5.82 Å². The van der Waals surface area contributed by atoms with Crippen molar-refractivity contribution in [3.63, 3.8) is 0 Å². The Kier molecular flexibility index (Phi) is 3.93. The molecule has 0 aromatic heterocycles. The van der Waals surface area contributed by atoms with Crippen molar-refractivity contribution < 1.29 is 14.4 Å². The largest absolute Gasteiger partial charge is 0.321 e. The zero-order valence-electron chi connectivity index (χ0n) is 13.9. The Hall–Kier alpha value is -3.18. The van der Waals surface area contributed by atoms with Crippen LogP contribution in [0.5, 0.6) is 0 Å². The predicted octanol–water partition coefficient (Wildman–Crippen LogP) is 4.11. The molecule has 0 spiro atoms. The highest BCUT2D eigenvalue weighted by Gasteiger charge is 2.52. The fraction of sp³-hybridized carbons (Fsp3) is 0.0952. The number of benzene rings is 3. The minimum atomic E-state index is -1.46. The number of carbonyl (C=O) groups excluding carboxylic acids is 1. The molecule has 0 bridgehead atoms. The molecule has 1 aliphatic heterocycles. The molecule has 5 heteroatoms. The Morgan fingerprint density at radius 1 is 0.923 bits per heavy atom. The highest BCUT2D eigenvalue weighted by molar-refractivity contribution is 6.08. The first-order chi connectivity index (χ1) is 12.6. The number of nitrogens with one attached hydrogen (secondary N) is 1. The number of hydrogen-bond acceptors (Lipinski definition) is 3. The molecule has 4 rings (SSSR count). The van der Waals surface area contributed by atoms with Gasteiger partial charge in [-0.3, -0.25) is 10.0 Å². The van der Waals surface area contributed by atoms with Gasteiger partial charge < -0.3 is 5.32 Å². The number of para-hydroxylation sites is 2. The van der Waals surface area contributed by atoms with Crippen LogP contribution in [0.15, 0.2) is 78.9 Å². The first kappa shape index (κ1) is 16.3. The normalized spacial score (nSPS) is 18.3. The molecule has 2 N–H and O–H groups in total. The van der Waals surface area contributed by atoms with Crippen molar-refractivity contribution in [2.45, 2.75) is 12.0 Å². The summed E-state index contributed by atoms with van der Waals surface area (Å²) in [4.78, 5) is 13.0. The molecule has 1 heterocycles. The highest BCUT2D eigenvalue weighted by atomic mass is 19.1. The van der Waals surface area contributed by atoms with Crippen molar-refractivity contribution in [1.82, 2.24) is 0 Å². The van der Waals surface area contributed by atoms with Crippen LogP contribution in [0.4, 0.5) is 15.8 Å². The van der Waals surface area contributed by atoms with Crippen LogP contribution >= 0.6 is 0 Å². The van der Waals surface area contributed by atoms with Gasteiger partial charge in [-0.15, -0.1) is 0 Å². The van der Waals surface area contributed by atoms with Gasteiger partial charge in [0.15, 0.2) is 5.54 Å². The van der Waals surface area contributed by atoms with Gasteiger partial charge in [-0.25, -0.2) is 9.45 Å². The van der Waals surface area contributed by atoms with E-state index in [-0.39, 0.29) is 12.1 Å². The quantitative estimate of drug-likeness (QED) is 0.698. The molecular weight excluding hydrogens is 331 g/mol. The Morgan fingerprint density at radius 3 is 2.27 bits per heavy atom. The van der Waals surface area contributed by atoms with Gasteiger partial charge >= 0.3 is 0 Å². The van der Waals surface area contributed by atoms with E-state index in [1.807, 2.05) is 36.4 Å². The lowest BCUT2D eigenvalue weighted by atomic mass is 9.84. The standard InChI is InChI=1S/C21H17FN2O2/c22-18-13-7-12-17-19(18)23-20(25)21(17,14-15-8-3-1-4-9-15)24(26)16-10-5-2-6-11-16/h1-13,26H,14H2,(H,23,25)/t21-/m1/s1. The van der Waals surface area contributed by atoms with Crippen LogP contribution in [0.1, 0.15) is 11.1 Å². The second kappa shape index (κ2) is 6.28. The molecule has 0 unspecified atom stereocenters. The lowest BCUT2D eigenvalue weighted by Crippen LogP contribution is -2.51. The first-order valence-electron chi connectivity index (χ1n) is 8.31. The Morgan fingerprint density at radius 2 is 1.58 bits per heavy atom. The number of fused-ring (bicyclic) bond motifs is 1. The van der Waals surface area contributed by atoms with E-state index in [4.69, 9.17) is 0 Å². The molecule has 4 nitrogen and oxygen atoms in total. The summed E-state index contributed by atoms with van der Waals surface area (Å²) in [5, 5.41) is 14.6. The summed E-state index contributed by atoms with van der Waals surface area (Å²) in [6, 6.07) is 22.7. The zero-order valence-corrected chi connectivity index (χ0v) is 13.9. The van der Waals surface area contributed by atoms with E-state index in [9.17, 15) is 14.4 Å². The van der Waals surface area contributed by atoms with E-state index in [2.05, 4.69) is 5.32 Å². The van der Waals surface area contributed by atoms with E-state index in [1.165, 1.54) is 6.07 Å². The van der Waals surface area contributed by atoms with Crippen LogP contribution in [0.3, 0.4) is 0 Å². The Labute approximate surface area is 150 Å². The van der Waals surface area contributed by atoms with Gasteiger partial charge in [0.05, 0.1) is 11.4 Å². The van der Waals surface area contributed by atoms with Gasteiger partial charge in [0.25, 0.3) is 5.91 Å². The number of nitrogens with zero attached hydrogens (tertiary/aromatic N) is 1. The molecule has 1 atom stereocenters. The average molecular weight is 348 g/mol.